The summed E-state index contributed by atoms with van der Waals surface area (Å²) >= 11 is 0. The number of rotatable bonds is 2. The van der Waals surface area contributed by atoms with Crippen molar-refractivity contribution in [2.45, 2.75) is 18.9 Å². The molecule has 4 heterocycles. The van der Waals surface area contributed by atoms with Gasteiger partial charge in [0.15, 0.2) is 0 Å². The highest BCUT2D eigenvalue weighted by Gasteiger charge is 2.34. The van der Waals surface area contributed by atoms with E-state index in [-0.39, 0.29) is 0 Å². The van der Waals surface area contributed by atoms with Crippen molar-refractivity contribution in [1.82, 2.24) is 9.88 Å². The third kappa shape index (κ3) is 2.08. The zero-order chi connectivity index (χ0) is 12.7. The Balaban J connectivity index is 1.58. The zero-order valence-electron chi connectivity index (χ0n) is 11.0. The van der Waals surface area contributed by atoms with Gasteiger partial charge in [-0.3, -0.25) is 0 Å². The first kappa shape index (κ1) is 11.2. The van der Waals surface area contributed by atoms with Gasteiger partial charge in [-0.2, -0.15) is 0 Å². The highest BCUT2D eigenvalue weighted by atomic mass is 15.2. The maximum Gasteiger partial charge on any atom is 0.126 e. The van der Waals surface area contributed by atoms with Crippen molar-refractivity contribution in [2.24, 2.45) is 5.92 Å². The Hall–Kier alpha value is -1.61. The van der Waals surface area contributed by atoms with Crippen LogP contribution in [-0.4, -0.2) is 35.6 Å². The maximum atomic E-state index is 4.72. The maximum absolute atomic E-state index is 4.72. The molecule has 0 amide bonds. The summed E-state index contributed by atoms with van der Waals surface area (Å²) in [6.45, 7) is 3.75. The number of pyridine rings is 1. The minimum absolute atomic E-state index is 0.580. The quantitative estimate of drug-likeness (QED) is 0.892. The average Bonchev–Trinajstić information content (AvgIpc) is 2.48. The summed E-state index contributed by atoms with van der Waals surface area (Å²) in [7, 11) is 0. The molecular formula is C16H19N3. The van der Waals surface area contributed by atoms with Gasteiger partial charge in [0.05, 0.1) is 5.52 Å². The highest BCUT2D eigenvalue weighted by molar-refractivity contribution is 5.80. The molecule has 1 aromatic heterocycles. The molecule has 5 rings (SSSR count). The lowest BCUT2D eigenvalue weighted by atomic mass is 9.84. The van der Waals surface area contributed by atoms with Gasteiger partial charge in [0, 0.05) is 18.0 Å². The van der Waals surface area contributed by atoms with Crippen molar-refractivity contribution in [2.75, 3.05) is 25.0 Å². The van der Waals surface area contributed by atoms with Gasteiger partial charge in [0.25, 0.3) is 0 Å². The molecular weight excluding hydrogens is 234 g/mol. The van der Waals surface area contributed by atoms with E-state index >= 15 is 0 Å². The molecule has 0 spiro atoms. The molecule has 98 valence electrons. The Bertz CT molecular complexity index is 587. The molecule has 0 radical (unpaired) electrons. The van der Waals surface area contributed by atoms with E-state index in [1.165, 1.54) is 37.9 Å². The molecule has 2 bridgehead atoms. The van der Waals surface area contributed by atoms with Crippen LogP contribution >= 0.6 is 0 Å². The van der Waals surface area contributed by atoms with Crippen LogP contribution in [0, 0.1) is 5.92 Å². The first-order valence-corrected chi connectivity index (χ1v) is 7.23. The Morgan fingerprint density at radius 3 is 2.68 bits per heavy atom. The number of benzene rings is 1. The highest BCUT2D eigenvalue weighted by Crippen LogP contribution is 2.29. The van der Waals surface area contributed by atoms with Crippen molar-refractivity contribution < 1.29 is 0 Å². The lowest BCUT2D eigenvalue weighted by molar-refractivity contribution is 0.0974. The molecule has 3 heteroatoms. The molecule has 3 saturated heterocycles. The average molecular weight is 253 g/mol. The molecule has 1 aromatic carbocycles. The fraction of sp³-hybridized carbons (Fsp3) is 0.438. The van der Waals surface area contributed by atoms with Crippen LogP contribution in [0.2, 0.25) is 0 Å². The molecule has 3 aliphatic heterocycles. The van der Waals surface area contributed by atoms with Gasteiger partial charge in [0.2, 0.25) is 0 Å². The van der Waals surface area contributed by atoms with Crippen molar-refractivity contribution in [3.8, 4) is 0 Å². The second kappa shape index (κ2) is 4.49. The molecule has 19 heavy (non-hydrogen) atoms. The molecule has 0 saturated carbocycles. The van der Waals surface area contributed by atoms with Gasteiger partial charge in [0.1, 0.15) is 5.82 Å². The number of nitrogens with zero attached hydrogens (tertiary/aromatic N) is 2. The van der Waals surface area contributed by atoms with Crippen molar-refractivity contribution in [3.05, 3.63) is 36.4 Å². The predicted molar refractivity (Wildman–Crippen MR) is 78.3 cm³/mol. The monoisotopic (exact) mass is 253 g/mol. The standard InChI is InChI=1S/C16H19N3/c1-2-4-14-12(3-1)5-6-16(17-14)18-15-11-19-9-7-13(15)8-10-19/h1-6,13,15H,7-11H2,(H,17,18)/t15-/m1/s1. The fourth-order valence-electron chi connectivity index (χ4n) is 3.46. The van der Waals surface area contributed by atoms with Crippen molar-refractivity contribution in [1.29, 1.82) is 0 Å². The first-order chi connectivity index (χ1) is 9.38. The Kier molecular flexibility index (Phi) is 2.66. The second-order valence-corrected chi connectivity index (χ2v) is 5.78. The SMILES string of the molecule is c1ccc2nc(N[C@@H]3CN4CCC3CC4)ccc2c1. The molecule has 1 N–H and O–H groups in total. The summed E-state index contributed by atoms with van der Waals surface area (Å²) in [6.07, 6.45) is 2.68. The largest absolute Gasteiger partial charge is 0.366 e. The van der Waals surface area contributed by atoms with Gasteiger partial charge in [-0.15, -0.1) is 0 Å². The Morgan fingerprint density at radius 2 is 1.89 bits per heavy atom. The Labute approximate surface area is 113 Å². The summed E-state index contributed by atoms with van der Waals surface area (Å²) in [5, 5.41) is 4.86. The number of hydrogen-bond donors (Lipinski definition) is 1. The smallest absolute Gasteiger partial charge is 0.126 e. The molecule has 3 nitrogen and oxygen atoms in total. The van der Waals surface area contributed by atoms with Crippen LogP contribution in [0.3, 0.4) is 0 Å². The number of anilines is 1. The van der Waals surface area contributed by atoms with Gasteiger partial charge >= 0.3 is 0 Å². The minimum atomic E-state index is 0.580. The third-order valence-corrected chi connectivity index (χ3v) is 4.59. The van der Waals surface area contributed by atoms with Crippen LogP contribution < -0.4 is 5.32 Å². The van der Waals surface area contributed by atoms with E-state index in [9.17, 15) is 0 Å². The predicted octanol–water partition coefficient (Wildman–Crippen LogP) is 2.74. The number of aromatic nitrogens is 1. The van der Waals surface area contributed by atoms with Gasteiger partial charge in [-0.05, 0) is 50.0 Å². The second-order valence-electron chi connectivity index (χ2n) is 5.78. The van der Waals surface area contributed by atoms with E-state index in [2.05, 4.69) is 40.5 Å². The first-order valence-electron chi connectivity index (χ1n) is 7.23. The number of piperidine rings is 3. The van der Waals surface area contributed by atoms with Crippen LogP contribution in [0.15, 0.2) is 36.4 Å². The molecule has 0 aliphatic carbocycles. The molecule has 3 aliphatic rings. The summed E-state index contributed by atoms with van der Waals surface area (Å²) in [6, 6.07) is 13.2. The molecule has 0 unspecified atom stereocenters. The van der Waals surface area contributed by atoms with E-state index in [4.69, 9.17) is 4.98 Å². The molecule has 3 fully saturated rings. The van der Waals surface area contributed by atoms with Gasteiger partial charge < -0.3 is 10.2 Å². The van der Waals surface area contributed by atoms with Crippen molar-refractivity contribution in [3.63, 3.8) is 0 Å². The van der Waals surface area contributed by atoms with Gasteiger partial charge in [-0.1, -0.05) is 18.2 Å². The van der Waals surface area contributed by atoms with E-state index < -0.39 is 0 Å². The zero-order valence-corrected chi connectivity index (χ0v) is 11.0. The van der Waals surface area contributed by atoms with Crippen LogP contribution in [0.4, 0.5) is 5.82 Å². The summed E-state index contributed by atoms with van der Waals surface area (Å²) in [4.78, 5) is 7.29. The molecule has 2 aromatic rings. The normalized spacial score (nSPS) is 29.6. The summed E-state index contributed by atoms with van der Waals surface area (Å²) < 4.78 is 0. The minimum Gasteiger partial charge on any atom is -0.366 e. The Morgan fingerprint density at radius 1 is 1.05 bits per heavy atom. The summed E-state index contributed by atoms with van der Waals surface area (Å²) in [5.41, 5.74) is 1.08. The lowest BCUT2D eigenvalue weighted by Crippen LogP contribution is -2.53. The van der Waals surface area contributed by atoms with E-state index in [1.54, 1.807) is 0 Å². The van der Waals surface area contributed by atoms with E-state index in [1.807, 2.05) is 6.07 Å². The van der Waals surface area contributed by atoms with Crippen molar-refractivity contribution >= 4 is 16.7 Å². The van der Waals surface area contributed by atoms with Crippen LogP contribution in [-0.2, 0) is 0 Å². The number of nitrogens with one attached hydrogen (secondary N) is 1. The van der Waals surface area contributed by atoms with E-state index in [0.29, 0.717) is 6.04 Å². The van der Waals surface area contributed by atoms with Crippen LogP contribution in [0.1, 0.15) is 12.8 Å². The fourth-order valence-corrected chi connectivity index (χ4v) is 3.46. The molecule has 1 atom stereocenters. The number of hydrogen-bond acceptors (Lipinski definition) is 3. The van der Waals surface area contributed by atoms with Crippen LogP contribution in [0.5, 0.6) is 0 Å². The topological polar surface area (TPSA) is 28.2 Å². The third-order valence-electron chi connectivity index (χ3n) is 4.59. The van der Waals surface area contributed by atoms with E-state index in [0.717, 1.165) is 17.3 Å². The van der Waals surface area contributed by atoms with Gasteiger partial charge in [-0.25, -0.2) is 4.98 Å². The van der Waals surface area contributed by atoms with Crippen LogP contribution in [0.25, 0.3) is 10.9 Å². The lowest BCUT2D eigenvalue weighted by Gasteiger charge is -2.45. The number of para-hydroxylation sites is 1. The summed E-state index contributed by atoms with van der Waals surface area (Å²) in [5.74, 6) is 1.86. The number of fused-ring (bicyclic) bond motifs is 4.